The van der Waals surface area contributed by atoms with Gasteiger partial charge in [0, 0.05) is 18.2 Å². The van der Waals surface area contributed by atoms with E-state index in [1.54, 1.807) is 0 Å². The van der Waals surface area contributed by atoms with Crippen molar-refractivity contribution in [1.82, 2.24) is 5.32 Å². The Morgan fingerprint density at radius 3 is 2.35 bits per heavy atom. The van der Waals surface area contributed by atoms with E-state index in [1.807, 2.05) is 0 Å². The highest BCUT2D eigenvalue weighted by molar-refractivity contribution is 6.40. The van der Waals surface area contributed by atoms with E-state index in [2.05, 4.69) is 10.6 Å². The Hall–Kier alpha value is -1.95. The molecule has 6 nitrogen and oxygen atoms in total. The number of methoxy groups -OCH3 is 2. The lowest BCUT2D eigenvalue weighted by Crippen LogP contribution is -2.36. The predicted molar refractivity (Wildman–Crippen MR) is 74.4 cm³/mol. The number of carbonyl (C=O) groups excluding carboxylic acids is 2. The van der Waals surface area contributed by atoms with Gasteiger partial charge in [0.1, 0.15) is 11.5 Å². The quantitative estimate of drug-likeness (QED) is 0.827. The molecule has 0 heterocycles. The van der Waals surface area contributed by atoms with Gasteiger partial charge in [0.15, 0.2) is 0 Å². The number of halogens is 1. The third-order valence-electron chi connectivity index (χ3n) is 2.84. The van der Waals surface area contributed by atoms with Crippen LogP contribution in [-0.2, 0) is 9.59 Å². The molecule has 0 atom stereocenters. The summed E-state index contributed by atoms with van der Waals surface area (Å²) in [6.45, 7) is 0. The van der Waals surface area contributed by atoms with Crippen LogP contribution in [0.5, 0.6) is 11.5 Å². The highest BCUT2D eigenvalue weighted by atomic mass is 35.5. The molecule has 0 saturated heterocycles. The molecule has 0 aliphatic heterocycles. The molecule has 2 amide bonds. The summed E-state index contributed by atoms with van der Waals surface area (Å²) in [5, 5.41) is 5.44. The summed E-state index contributed by atoms with van der Waals surface area (Å²) >= 11 is 5.96. The molecule has 2 rings (SSSR count). The second-order valence-corrected chi connectivity index (χ2v) is 4.80. The number of anilines is 1. The average Bonchev–Trinajstić information content (AvgIpc) is 3.23. The van der Waals surface area contributed by atoms with Crippen molar-refractivity contribution in [2.45, 2.75) is 18.9 Å². The third-order valence-corrected chi connectivity index (χ3v) is 3.14. The number of carbonyl (C=O) groups is 2. The molecule has 0 spiro atoms. The molecule has 20 heavy (non-hydrogen) atoms. The first kappa shape index (κ1) is 14.5. The molecule has 1 fully saturated rings. The monoisotopic (exact) mass is 298 g/mol. The van der Waals surface area contributed by atoms with E-state index in [9.17, 15) is 9.59 Å². The number of nitrogens with one attached hydrogen (secondary N) is 2. The van der Waals surface area contributed by atoms with Gasteiger partial charge in [-0.15, -0.1) is 0 Å². The van der Waals surface area contributed by atoms with E-state index in [-0.39, 0.29) is 6.04 Å². The van der Waals surface area contributed by atoms with E-state index >= 15 is 0 Å². The molecule has 2 N–H and O–H groups in total. The largest absolute Gasteiger partial charge is 0.495 e. The van der Waals surface area contributed by atoms with Crippen LogP contribution in [0.4, 0.5) is 5.69 Å². The van der Waals surface area contributed by atoms with Crippen LogP contribution in [0, 0.1) is 0 Å². The topological polar surface area (TPSA) is 76.7 Å². The lowest BCUT2D eigenvalue weighted by atomic mass is 10.2. The fourth-order valence-corrected chi connectivity index (χ4v) is 1.85. The minimum absolute atomic E-state index is 0.120. The van der Waals surface area contributed by atoms with Gasteiger partial charge in [0.2, 0.25) is 0 Å². The highest BCUT2D eigenvalue weighted by Crippen LogP contribution is 2.35. The van der Waals surface area contributed by atoms with Crippen molar-refractivity contribution in [3.05, 3.63) is 17.2 Å². The Bertz CT molecular complexity index is 543. The highest BCUT2D eigenvalue weighted by Gasteiger charge is 2.27. The molecule has 1 aromatic carbocycles. The average molecular weight is 299 g/mol. The molecule has 1 aliphatic rings. The van der Waals surface area contributed by atoms with Crippen molar-refractivity contribution in [2.24, 2.45) is 0 Å². The van der Waals surface area contributed by atoms with Crippen LogP contribution >= 0.6 is 11.6 Å². The smallest absolute Gasteiger partial charge is 0.313 e. The summed E-state index contributed by atoms with van der Waals surface area (Å²) < 4.78 is 10.2. The van der Waals surface area contributed by atoms with Crippen LogP contribution in [0.25, 0.3) is 0 Å². The van der Waals surface area contributed by atoms with Gasteiger partial charge in [-0.1, -0.05) is 11.6 Å². The van der Waals surface area contributed by atoms with Crippen LogP contribution in [0.1, 0.15) is 12.8 Å². The standard InChI is InChI=1S/C13H15ClN2O4/c1-19-10-6-9(11(20-2)5-8(10)14)16-13(18)12(17)15-7-3-4-7/h5-7H,3-4H2,1-2H3,(H,15,17)(H,16,18). The van der Waals surface area contributed by atoms with Gasteiger partial charge in [-0.3, -0.25) is 9.59 Å². The number of hydrogen-bond donors (Lipinski definition) is 2. The molecule has 0 bridgehead atoms. The normalized spacial score (nSPS) is 13.6. The zero-order valence-corrected chi connectivity index (χ0v) is 11.9. The van der Waals surface area contributed by atoms with Gasteiger partial charge >= 0.3 is 11.8 Å². The van der Waals surface area contributed by atoms with Crippen molar-refractivity contribution in [3.8, 4) is 11.5 Å². The van der Waals surface area contributed by atoms with Gasteiger partial charge in [0.05, 0.1) is 24.9 Å². The van der Waals surface area contributed by atoms with Crippen LogP contribution in [-0.4, -0.2) is 32.1 Å². The summed E-state index contributed by atoms with van der Waals surface area (Å²) in [5.41, 5.74) is 0.324. The van der Waals surface area contributed by atoms with Gasteiger partial charge in [-0.05, 0) is 12.8 Å². The molecule has 1 aliphatic carbocycles. The Kier molecular flexibility index (Phi) is 4.34. The van der Waals surface area contributed by atoms with Gasteiger partial charge in [0.25, 0.3) is 0 Å². The van der Waals surface area contributed by atoms with Crippen molar-refractivity contribution < 1.29 is 19.1 Å². The number of hydrogen-bond acceptors (Lipinski definition) is 4. The van der Waals surface area contributed by atoms with E-state index < -0.39 is 11.8 Å². The zero-order chi connectivity index (χ0) is 14.7. The second kappa shape index (κ2) is 6.00. The van der Waals surface area contributed by atoms with Crippen LogP contribution in [0.3, 0.4) is 0 Å². The van der Waals surface area contributed by atoms with Gasteiger partial charge < -0.3 is 20.1 Å². The van der Waals surface area contributed by atoms with Crippen LogP contribution < -0.4 is 20.1 Å². The molecule has 0 radical (unpaired) electrons. The second-order valence-electron chi connectivity index (χ2n) is 4.39. The molecule has 1 saturated carbocycles. The number of benzene rings is 1. The number of ether oxygens (including phenoxy) is 2. The summed E-state index contributed by atoms with van der Waals surface area (Å²) in [7, 11) is 2.90. The zero-order valence-electron chi connectivity index (χ0n) is 11.2. The van der Waals surface area contributed by atoms with E-state index in [0.717, 1.165) is 12.8 Å². The van der Waals surface area contributed by atoms with Crippen molar-refractivity contribution in [3.63, 3.8) is 0 Å². The minimum Gasteiger partial charge on any atom is -0.495 e. The van der Waals surface area contributed by atoms with E-state index in [0.29, 0.717) is 22.2 Å². The molecule has 1 aromatic rings. The molecular formula is C13H15ClN2O4. The Morgan fingerprint density at radius 2 is 1.80 bits per heavy atom. The van der Waals surface area contributed by atoms with Gasteiger partial charge in [-0.25, -0.2) is 0 Å². The Balaban J connectivity index is 2.14. The number of amides is 2. The fraction of sp³-hybridized carbons (Fsp3) is 0.385. The maximum absolute atomic E-state index is 11.8. The van der Waals surface area contributed by atoms with Crippen molar-refractivity contribution >= 4 is 29.1 Å². The first-order chi connectivity index (χ1) is 9.55. The lowest BCUT2D eigenvalue weighted by molar-refractivity contribution is -0.136. The summed E-state index contributed by atoms with van der Waals surface area (Å²) in [5.74, 6) is -0.684. The summed E-state index contributed by atoms with van der Waals surface area (Å²) in [4.78, 5) is 23.4. The summed E-state index contributed by atoms with van der Waals surface area (Å²) in [6.07, 6.45) is 1.83. The minimum atomic E-state index is -0.750. The van der Waals surface area contributed by atoms with Crippen molar-refractivity contribution in [2.75, 3.05) is 19.5 Å². The maximum Gasteiger partial charge on any atom is 0.313 e. The predicted octanol–water partition coefficient (Wildman–Crippen LogP) is 1.57. The van der Waals surface area contributed by atoms with Gasteiger partial charge in [-0.2, -0.15) is 0 Å². The van der Waals surface area contributed by atoms with Crippen LogP contribution in [0.15, 0.2) is 12.1 Å². The molecule has 7 heteroatoms. The van der Waals surface area contributed by atoms with Crippen molar-refractivity contribution in [1.29, 1.82) is 0 Å². The fourth-order valence-electron chi connectivity index (χ4n) is 1.62. The van der Waals surface area contributed by atoms with Crippen LogP contribution in [0.2, 0.25) is 5.02 Å². The molecule has 0 unspecified atom stereocenters. The maximum atomic E-state index is 11.8. The Morgan fingerprint density at radius 1 is 1.15 bits per heavy atom. The van der Waals surface area contributed by atoms with E-state index in [1.165, 1.54) is 26.4 Å². The molecule has 108 valence electrons. The van der Waals surface area contributed by atoms with E-state index in [4.69, 9.17) is 21.1 Å². The lowest BCUT2D eigenvalue weighted by Gasteiger charge is -2.13. The first-order valence-corrected chi connectivity index (χ1v) is 6.46. The number of rotatable bonds is 4. The Labute approximate surface area is 121 Å². The summed E-state index contributed by atoms with van der Waals surface area (Å²) in [6, 6.07) is 3.13. The molecule has 0 aromatic heterocycles. The SMILES string of the molecule is COc1cc(NC(=O)C(=O)NC2CC2)c(OC)cc1Cl. The molecular weight excluding hydrogens is 284 g/mol. The first-order valence-electron chi connectivity index (χ1n) is 6.08. The third kappa shape index (κ3) is 3.33.